The molecule has 6 aromatic rings. The van der Waals surface area contributed by atoms with Crippen LogP contribution in [0.1, 0.15) is 64.7 Å². The zero-order chi connectivity index (χ0) is 35.9. The number of alkyl halides is 4. The maximum absolute atomic E-state index is 14.9. The van der Waals surface area contributed by atoms with Gasteiger partial charge in [0.15, 0.2) is 0 Å². The molecule has 0 unspecified atom stereocenters. The first kappa shape index (κ1) is 35.2. The Kier molecular flexibility index (Phi) is 9.86. The topological polar surface area (TPSA) is 44.2 Å². The second-order valence-corrected chi connectivity index (χ2v) is 16.8. The molecule has 2 aliphatic rings. The second kappa shape index (κ2) is 14.6. The number of nitrogens with zero attached hydrogens (tertiary/aromatic N) is 2. The van der Waals surface area contributed by atoms with Crippen LogP contribution in [0, 0.1) is 17.8 Å². The van der Waals surface area contributed by atoms with Gasteiger partial charge >= 0.3 is 12.2 Å². The van der Waals surface area contributed by atoms with Crippen LogP contribution in [0.25, 0.3) is 52.8 Å². The molecule has 11 heteroatoms. The summed E-state index contributed by atoms with van der Waals surface area (Å²) in [5.74, 6) is -0.638. The first-order valence-corrected chi connectivity index (χ1v) is 20.3. The lowest BCUT2D eigenvalue weighted by molar-refractivity contribution is -0.223. The van der Waals surface area contributed by atoms with Gasteiger partial charge in [-0.3, -0.25) is 0 Å². The van der Waals surface area contributed by atoms with Gasteiger partial charge in [-0.25, -0.2) is 0 Å². The number of hydrogen-bond acceptors (Lipinski definition) is 7. The molecule has 2 fully saturated rings. The molecule has 3 aromatic heterocycles. The van der Waals surface area contributed by atoms with Gasteiger partial charge in [-0.15, -0.1) is 22.7 Å². The monoisotopic (exact) mass is 762 g/mol. The molecule has 0 radical (unpaired) electrons. The highest BCUT2D eigenvalue weighted by molar-refractivity contribution is 7.19. The van der Waals surface area contributed by atoms with E-state index in [0.29, 0.717) is 31.6 Å². The summed E-state index contributed by atoms with van der Waals surface area (Å²) in [6, 6.07) is 26.1. The SMILES string of the molecule is C[C@H]1CC[C@H](C(F)(F)Oc2ccc(-c3ccc(-c4ccc(-c5ccc(-c6ccc(OC(F)(F)C7CCCCC7)cc6)s5)c5nsnc45)s3)cc2)CC1. The lowest BCUT2D eigenvalue weighted by Crippen LogP contribution is -2.36. The van der Waals surface area contributed by atoms with Gasteiger partial charge in [0, 0.05) is 30.6 Å². The Hall–Kier alpha value is -3.80. The predicted octanol–water partition coefficient (Wildman–Crippen LogP) is 13.8. The van der Waals surface area contributed by atoms with E-state index in [1.807, 2.05) is 36.4 Å². The molecule has 0 N–H and O–H groups in total. The van der Waals surface area contributed by atoms with Crippen molar-refractivity contribution < 1.29 is 27.0 Å². The van der Waals surface area contributed by atoms with Gasteiger partial charge in [0.1, 0.15) is 22.5 Å². The average Bonchev–Trinajstić information content (AvgIpc) is 3.95. The third kappa shape index (κ3) is 7.37. The number of aromatic nitrogens is 2. The van der Waals surface area contributed by atoms with Crippen molar-refractivity contribution in [3.05, 3.63) is 84.9 Å². The van der Waals surface area contributed by atoms with Crippen LogP contribution in [0.3, 0.4) is 0 Å². The van der Waals surface area contributed by atoms with Crippen molar-refractivity contribution in [3.8, 4) is 53.3 Å². The standard InChI is InChI=1S/C41H38F4N2O2S3/c1-25-7-13-29(14-8-25)41(44,45)49-31-17-11-27(12-18-31)35-22-24-37(51-35)33-20-19-32(38-39(33)47-52-46-38)36-23-21-34(50-36)26-9-15-30(16-10-26)48-40(42,43)28-5-3-2-4-6-28/h9-12,15-25,28-29H,2-8,13-14H2,1H3/t25-,29-. The molecule has 0 atom stereocenters. The minimum absolute atomic E-state index is 0.173. The smallest absolute Gasteiger partial charge is 0.400 e. The van der Waals surface area contributed by atoms with Gasteiger partial charge in [0.05, 0.1) is 23.6 Å². The van der Waals surface area contributed by atoms with Crippen LogP contribution in [0.15, 0.2) is 84.9 Å². The van der Waals surface area contributed by atoms with Crippen LogP contribution in [0.5, 0.6) is 11.5 Å². The van der Waals surface area contributed by atoms with Crippen LogP contribution < -0.4 is 9.47 Å². The molecule has 0 aliphatic heterocycles. The van der Waals surface area contributed by atoms with Crippen LogP contribution in [0.2, 0.25) is 0 Å². The average molecular weight is 763 g/mol. The van der Waals surface area contributed by atoms with E-state index in [9.17, 15) is 17.6 Å². The molecule has 8 rings (SSSR count). The van der Waals surface area contributed by atoms with Crippen LogP contribution in [0.4, 0.5) is 17.6 Å². The van der Waals surface area contributed by atoms with E-state index in [1.165, 1.54) is 11.7 Å². The van der Waals surface area contributed by atoms with Crippen LogP contribution in [-0.2, 0) is 0 Å². The summed E-state index contributed by atoms with van der Waals surface area (Å²) < 4.78 is 79.1. The summed E-state index contributed by atoms with van der Waals surface area (Å²) in [6.45, 7) is 2.11. The Morgan fingerprint density at radius 2 is 0.942 bits per heavy atom. The molecule has 2 aliphatic carbocycles. The Bertz CT molecular complexity index is 2130. The first-order chi connectivity index (χ1) is 25.1. The summed E-state index contributed by atoms with van der Waals surface area (Å²) in [7, 11) is 0. The van der Waals surface area contributed by atoms with Crippen molar-refractivity contribution >= 4 is 45.4 Å². The van der Waals surface area contributed by atoms with Crippen molar-refractivity contribution in [1.82, 2.24) is 8.75 Å². The molecular formula is C41H38F4N2O2S3. The lowest BCUT2D eigenvalue weighted by atomic mass is 9.82. The summed E-state index contributed by atoms with van der Waals surface area (Å²) >= 11 is 4.38. The molecule has 3 aromatic carbocycles. The first-order valence-electron chi connectivity index (χ1n) is 17.9. The molecule has 270 valence electrons. The molecular weight excluding hydrogens is 725 g/mol. The van der Waals surface area contributed by atoms with Gasteiger partial charge in [0.2, 0.25) is 0 Å². The molecule has 3 heterocycles. The summed E-state index contributed by atoms with van der Waals surface area (Å²) in [5, 5.41) is 0. The van der Waals surface area contributed by atoms with Crippen LogP contribution in [-0.4, -0.2) is 21.0 Å². The quantitative estimate of drug-likeness (QED) is 0.130. The summed E-state index contributed by atoms with van der Waals surface area (Å²) in [6.07, 6.45) is -0.103. The van der Waals surface area contributed by atoms with Crippen molar-refractivity contribution in [3.63, 3.8) is 0 Å². The highest BCUT2D eigenvalue weighted by atomic mass is 32.1. The molecule has 0 bridgehead atoms. The zero-order valence-electron chi connectivity index (χ0n) is 28.6. The van der Waals surface area contributed by atoms with Gasteiger partial charge in [-0.2, -0.15) is 26.3 Å². The fourth-order valence-electron chi connectivity index (χ4n) is 7.43. The summed E-state index contributed by atoms with van der Waals surface area (Å²) in [5.41, 5.74) is 5.42. The minimum Gasteiger partial charge on any atom is -0.432 e. The van der Waals surface area contributed by atoms with Crippen molar-refractivity contribution in [2.45, 2.75) is 76.9 Å². The molecule has 0 saturated heterocycles. The Morgan fingerprint density at radius 3 is 1.40 bits per heavy atom. The number of benzene rings is 3. The largest absolute Gasteiger partial charge is 0.432 e. The second-order valence-electron chi connectivity index (χ2n) is 14.1. The number of hydrogen-bond donors (Lipinski definition) is 0. The van der Waals surface area contributed by atoms with Gasteiger partial charge in [0.25, 0.3) is 0 Å². The van der Waals surface area contributed by atoms with E-state index in [-0.39, 0.29) is 11.5 Å². The number of rotatable bonds is 10. The molecule has 4 nitrogen and oxygen atoms in total. The maximum atomic E-state index is 14.9. The fraction of sp³-hybridized carbons (Fsp3) is 0.366. The highest BCUT2D eigenvalue weighted by Crippen LogP contribution is 2.44. The molecule has 52 heavy (non-hydrogen) atoms. The zero-order valence-corrected chi connectivity index (χ0v) is 31.1. The third-order valence-electron chi connectivity index (χ3n) is 10.5. The number of halogens is 4. The van der Waals surface area contributed by atoms with E-state index in [4.69, 9.17) is 9.47 Å². The van der Waals surface area contributed by atoms with E-state index in [2.05, 4.69) is 39.9 Å². The third-order valence-corrected chi connectivity index (χ3v) is 13.4. The number of thiophene rings is 2. The highest BCUT2D eigenvalue weighted by Gasteiger charge is 2.44. The van der Waals surface area contributed by atoms with E-state index >= 15 is 0 Å². The predicted molar refractivity (Wildman–Crippen MR) is 204 cm³/mol. The Labute approximate surface area is 312 Å². The minimum atomic E-state index is -3.18. The van der Waals surface area contributed by atoms with Crippen molar-refractivity contribution in [1.29, 1.82) is 0 Å². The van der Waals surface area contributed by atoms with Crippen LogP contribution >= 0.6 is 34.4 Å². The molecule has 0 spiro atoms. The summed E-state index contributed by atoms with van der Waals surface area (Å²) in [4.78, 5) is 4.07. The maximum Gasteiger partial charge on any atom is 0.400 e. The van der Waals surface area contributed by atoms with E-state index < -0.39 is 24.1 Å². The van der Waals surface area contributed by atoms with Crippen molar-refractivity contribution in [2.75, 3.05) is 0 Å². The van der Waals surface area contributed by atoms with E-state index in [1.54, 1.807) is 46.9 Å². The Balaban J connectivity index is 0.960. The van der Waals surface area contributed by atoms with E-state index in [0.717, 1.165) is 84.9 Å². The fourth-order valence-corrected chi connectivity index (χ4v) is 10.1. The normalized spacial score (nSPS) is 18.9. The number of fused-ring (bicyclic) bond motifs is 1. The Morgan fingerprint density at radius 1 is 0.519 bits per heavy atom. The van der Waals surface area contributed by atoms with Gasteiger partial charge in [-0.1, -0.05) is 51.2 Å². The van der Waals surface area contributed by atoms with Gasteiger partial charge in [-0.05, 0) is 116 Å². The molecule has 2 saturated carbocycles. The van der Waals surface area contributed by atoms with Crippen molar-refractivity contribution in [2.24, 2.45) is 17.8 Å². The molecule has 0 amide bonds. The van der Waals surface area contributed by atoms with Gasteiger partial charge < -0.3 is 9.47 Å². The number of ether oxygens (including phenoxy) is 2. The lowest BCUT2D eigenvalue weighted by Gasteiger charge is -2.32.